The molecule has 170 valence electrons. The Morgan fingerprint density at radius 3 is 2.79 bits per heavy atom. The first-order valence-electron chi connectivity index (χ1n) is 10.3. The van der Waals surface area contributed by atoms with Gasteiger partial charge in [0.05, 0.1) is 11.4 Å². The van der Waals surface area contributed by atoms with E-state index in [1.165, 1.54) is 28.0 Å². The van der Waals surface area contributed by atoms with Gasteiger partial charge in [-0.1, -0.05) is 59.2 Å². The van der Waals surface area contributed by atoms with Crippen molar-refractivity contribution in [1.29, 1.82) is 0 Å². The van der Waals surface area contributed by atoms with Gasteiger partial charge in [0.1, 0.15) is 0 Å². The maximum atomic E-state index is 12.5. The number of thiazole rings is 1. The van der Waals surface area contributed by atoms with Crippen LogP contribution in [-0.2, 0) is 17.8 Å². The predicted octanol–water partition coefficient (Wildman–Crippen LogP) is 6.76. The summed E-state index contributed by atoms with van der Waals surface area (Å²) in [5.41, 5.74) is 2.89. The van der Waals surface area contributed by atoms with Crippen LogP contribution in [0.25, 0.3) is 22.6 Å². The Morgan fingerprint density at radius 2 is 2.03 bits per heavy atom. The van der Waals surface area contributed by atoms with Crippen LogP contribution in [0.15, 0.2) is 63.4 Å². The number of nitrogens with zero attached hydrogens (tertiary/aromatic N) is 4. The summed E-state index contributed by atoms with van der Waals surface area (Å²) in [4.78, 5) is 18.4. The van der Waals surface area contributed by atoms with Crippen LogP contribution in [0.1, 0.15) is 18.2 Å². The average molecular weight is 561 g/mol. The molecule has 0 saturated carbocycles. The first-order valence-corrected chi connectivity index (χ1v) is 13.9. The van der Waals surface area contributed by atoms with Crippen molar-refractivity contribution in [3.05, 3.63) is 63.1 Å². The summed E-state index contributed by atoms with van der Waals surface area (Å²) in [6, 6.07) is 10.1. The molecule has 0 aliphatic heterocycles. The molecule has 6 nitrogen and oxygen atoms in total. The van der Waals surface area contributed by atoms with E-state index in [1.807, 2.05) is 40.3 Å². The minimum absolute atomic E-state index is 0.132. The van der Waals surface area contributed by atoms with Gasteiger partial charge in [0.25, 0.3) is 0 Å². The summed E-state index contributed by atoms with van der Waals surface area (Å²) in [7, 11) is 0. The standard InChI is InChI=1S/C23H22BrN5OS3/c1-3-5-18-11-16(12-31-18)21-27-28-23(29(21)10-4-2)33-14-20(30)26-22-25-19(13-32-22)15-6-8-17(24)9-7-15/h4,6-9,11-13H,2-3,5,10,14H2,1H3,(H,25,26,30). The van der Waals surface area contributed by atoms with Crippen molar-refractivity contribution in [2.75, 3.05) is 11.1 Å². The number of nitrogens with one attached hydrogen (secondary N) is 1. The highest BCUT2D eigenvalue weighted by atomic mass is 79.9. The van der Waals surface area contributed by atoms with Crippen LogP contribution in [0.2, 0.25) is 0 Å². The van der Waals surface area contributed by atoms with Crippen molar-refractivity contribution < 1.29 is 4.79 Å². The lowest BCUT2D eigenvalue weighted by molar-refractivity contribution is -0.113. The number of hydrogen-bond acceptors (Lipinski definition) is 7. The second-order valence-corrected chi connectivity index (χ2v) is 10.9. The van der Waals surface area contributed by atoms with Gasteiger partial charge < -0.3 is 5.32 Å². The smallest absolute Gasteiger partial charge is 0.236 e. The largest absolute Gasteiger partial charge is 0.301 e. The molecule has 0 saturated heterocycles. The highest BCUT2D eigenvalue weighted by Crippen LogP contribution is 2.29. The Hall–Kier alpha value is -2.27. The molecule has 33 heavy (non-hydrogen) atoms. The van der Waals surface area contributed by atoms with E-state index in [0.29, 0.717) is 16.8 Å². The molecule has 1 N–H and O–H groups in total. The minimum atomic E-state index is -0.132. The van der Waals surface area contributed by atoms with E-state index >= 15 is 0 Å². The molecule has 1 amide bonds. The van der Waals surface area contributed by atoms with Crippen LogP contribution < -0.4 is 5.32 Å². The lowest BCUT2D eigenvalue weighted by Gasteiger charge is -2.06. The minimum Gasteiger partial charge on any atom is -0.301 e. The van der Waals surface area contributed by atoms with Gasteiger partial charge in [0.2, 0.25) is 5.91 Å². The lowest BCUT2D eigenvalue weighted by Crippen LogP contribution is -2.14. The van der Waals surface area contributed by atoms with Crippen molar-refractivity contribution in [1.82, 2.24) is 19.7 Å². The number of benzene rings is 1. The van der Waals surface area contributed by atoms with Crippen LogP contribution in [-0.4, -0.2) is 31.4 Å². The molecule has 4 rings (SSSR count). The van der Waals surface area contributed by atoms with E-state index in [0.717, 1.165) is 40.0 Å². The van der Waals surface area contributed by atoms with Gasteiger partial charge in [-0.05, 0) is 24.6 Å². The number of amides is 1. The molecule has 0 fully saturated rings. The number of aryl methyl sites for hydroxylation is 1. The molecular weight excluding hydrogens is 538 g/mol. The molecule has 3 aromatic heterocycles. The van der Waals surface area contributed by atoms with E-state index in [4.69, 9.17) is 0 Å². The molecule has 0 radical (unpaired) electrons. The summed E-state index contributed by atoms with van der Waals surface area (Å²) < 4.78 is 3.01. The summed E-state index contributed by atoms with van der Waals surface area (Å²) >= 11 is 7.94. The SMILES string of the molecule is C=CCn1c(SCC(=O)Nc2nc(-c3ccc(Br)cc3)cs2)nnc1-c1csc(CCC)c1. The van der Waals surface area contributed by atoms with Crippen LogP contribution in [0.5, 0.6) is 0 Å². The zero-order chi connectivity index (χ0) is 23.2. The molecule has 0 spiro atoms. The summed E-state index contributed by atoms with van der Waals surface area (Å²) in [5.74, 6) is 0.885. The first kappa shape index (κ1) is 23.9. The van der Waals surface area contributed by atoms with E-state index in [1.54, 1.807) is 11.3 Å². The Balaban J connectivity index is 1.40. The third-order valence-electron chi connectivity index (χ3n) is 4.66. The van der Waals surface area contributed by atoms with Crippen molar-refractivity contribution in [3.8, 4) is 22.6 Å². The fourth-order valence-electron chi connectivity index (χ4n) is 3.15. The van der Waals surface area contributed by atoms with Crippen molar-refractivity contribution in [2.24, 2.45) is 0 Å². The van der Waals surface area contributed by atoms with E-state index in [-0.39, 0.29) is 11.7 Å². The van der Waals surface area contributed by atoms with Crippen molar-refractivity contribution in [2.45, 2.75) is 31.5 Å². The van der Waals surface area contributed by atoms with Gasteiger partial charge in [-0.3, -0.25) is 9.36 Å². The Bertz CT molecular complexity index is 1250. The quantitative estimate of drug-likeness (QED) is 0.171. The highest BCUT2D eigenvalue weighted by molar-refractivity contribution is 9.10. The Morgan fingerprint density at radius 1 is 1.21 bits per heavy atom. The average Bonchev–Trinajstić information content (AvgIpc) is 3.54. The summed E-state index contributed by atoms with van der Waals surface area (Å²) in [6.45, 7) is 6.61. The monoisotopic (exact) mass is 559 g/mol. The van der Waals surface area contributed by atoms with Crippen LogP contribution >= 0.6 is 50.4 Å². The number of halogens is 1. The number of anilines is 1. The second kappa shape index (κ2) is 11.2. The van der Waals surface area contributed by atoms with Crippen molar-refractivity contribution in [3.63, 3.8) is 0 Å². The topological polar surface area (TPSA) is 72.7 Å². The fourth-order valence-corrected chi connectivity index (χ4v) is 5.86. The molecule has 4 aromatic rings. The number of carbonyl (C=O) groups is 1. The van der Waals surface area contributed by atoms with Crippen LogP contribution in [0.3, 0.4) is 0 Å². The number of allylic oxidation sites excluding steroid dienone is 1. The van der Waals surface area contributed by atoms with Gasteiger partial charge in [0.15, 0.2) is 16.1 Å². The molecular formula is C23H22BrN5OS3. The van der Waals surface area contributed by atoms with Gasteiger partial charge in [-0.2, -0.15) is 0 Å². The van der Waals surface area contributed by atoms with Gasteiger partial charge in [0, 0.05) is 37.8 Å². The van der Waals surface area contributed by atoms with Crippen LogP contribution in [0.4, 0.5) is 5.13 Å². The Kier molecular flexibility index (Phi) is 8.13. The zero-order valence-corrected chi connectivity index (χ0v) is 22.0. The van der Waals surface area contributed by atoms with Gasteiger partial charge in [-0.15, -0.1) is 39.4 Å². The van der Waals surface area contributed by atoms with Gasteiger partial charge >= 0.3 is 0 Å². The molecule has 0 aliphatic carbocycles. The molecule has 10 heteroatoms. The molecule has 0 bridgehead atoms. The third kappa shape index (κ3) is 6.00. The number of carbonyl (C=O) groups excluding carboxylic acids is 1. The molecule has 3 heterocycles. The number of thioether (sulfide) groups is 1. The first-order chi connectivity index (χ1) is 16.1. The maximum absolute atomic E-state index is 12.5. The third-order valence-corrected chi connectivity index (χ3v) is 7.91. The molecule has 0 aliphatic rings. The van der Waals surface area contributed by atoms with E-state index in [9.17, 15) is 4.79 Å². The molecule has 1 aromatic carbocycles. The van der Waals surface area contributed by atoms with E-state index < -0.39 is 0 Å². The second-order valence-electron chi connectivity index (χ2n) is 7.14. The lowest BCUT2D eigenvalue weighted by atomic mass is 10.2. The van der Waals surface area contributed by atoms with E-state index in [2.05, 4.69) is 61.4 Å². The molecule has 0 unspecified atom stereocenters. The number of thiophene rings is 1. The highest BCUT2D eigenvalue weighted by Gasteiger charge is 2.17. The molecule has 0 atom stereocenters. The Labute approximate surface area is 213 Å². The summed E-state index contributed by atoms with van der Waals surface area (Å²) in [6.07, 6.45) is 3.98. The maximum Gasteiger partial charge on any atom is 0.236 e. The van der Waals surface area contributed by atoms with Crippen LogP contribution in [0, 0.1) is 0 Å². The normalized spacial score (nSPS) is 11.0. The van der Waals surface area contributed by atoms with Gasteiger partial charge in [-0.25, -0.2) is 4.98 Å². The zero-order valence-electron chi connectivity index (χ0n) is 18.0. The predicted molar refractivity (Wildman–Crippen MR) is 142 cm³/mol. The number of aromatic nitrogens is 4. The number of rotatable bonds is 10. The number of hydrogen-bond donors (Lipinski definition) is 1. The fraction of sp³-hybridized carbons (Fsp3) is 0.217. The van der Waals surface area contributed by atoms with Crippen molar-refractivity contribution >= 4 is 61.4 Å². The summed E-state index contributed by atoms with van der Waals surface area (Å²) in [5, 5.41) is 16.9.